The molecule has 0 bridgehead atoms. The molecule has 5 nitrogen and oxygen atoms in total. The number of carbonyl (C=O) groups is 1. The van der Waals surface area contributed by atoms with Gasteiger partial charge in [0.05, 0.1) is 18.8 Å². The van der Waals surface area contributed by atoms with Gasteiger partial charge in [-0.1, -0.05) is 12.8 Å². The van der Waals surface area contributed by atoms with Crippen LogP contribution in [0.25, 0.3) is 0 Å². The molecule has 116 valence electrons. The third kappa shape index (κ3) is 3.93. The van der Waals surface area contributed by atoms with E-state index in [0.717, 1.165) is 38.8 Å². The van der Waals surface area contributed by atoms with Crippen molar-refractivity contribution in [3.8, 4) is 0 Å². The van der Waals surface area contributed by atoms with E-state index in [2.05, 4.69) is 10.2 Å². The topological polar surface area (TPSA) is 61.8 Å². The van der Waals surface area contributed by atoms with Crippen LogP contribution in [-0.2, 0) is 9.53 Å². The molecule has 0 aromatic heterocycles. The lowest BCUT2D eigenvalue weighted by Crippen LogP contribution is -2.55. The number of carbonyl (C=O) groups excluding carboxylic acids is 1. The Morgan fingerprint density at radius 1 is 1.50 bits per heavy atom. The van der Waals surface area contributed by atoms with E-state index in [1.807, 2.05) is 6.92 Å². The number of amides is 1. The molecule has 1 saturated carbocycles. The number of fused-ring (bicyclic) bond motifs is 1. The second-order valence-corrected chi connectivity index (χ2v) is 6.46. The maximum Gasteiger partial charge on any atom is 0.234 e. The number of nitrogens with zero attached hydrogens (tertiary/aromatic N) is 1. The minimum Gasteiger partial charge on any atom is -0.390 e. The van der Waals surface area contributed by atoms with Gasteiger partial charge >= 0.3 is 0 Å². The molecule has 2 fully saturated rings. The maximum absolute atomic E-state index is 12.0. The number of hydrogen-bond donors (Lipinski definition) is 2. The van der Waals surface area contributed by atoms with Crippen LogP contribution in [0, 0.1) is 5.92 Å². The highest BCUT2D eigenvalue weighted by Crippen LogP contribution is 2.39. The summed E-state index contributed by atoms with van der Waals surface area (Å²) in [6.07, 6.45) is 5.18. The monoisotopic (exact) mass is 284 g/mol. The molecule has 3 atom stereocenters. The van der Waals surface area contributed by atoms with Gasteiger partial charge in [-0.3, -0.25) is 9.69 Å². The van der Waals surface area contributed by atoms with Crippen LogP contribution in [0.5, 0.6) is 0 Å². The van der Waals surface area contributed by atoms with Crippen molar-refractivity contribution in [3.63, 3.8) is 0 Å². The Bertz CT molecular complexity index is 337. The van der Waals surface area contributed by atoms with E-state index in [-0.39, 0.29) is 11.9 Å². The summed E-state index contributed by atoms with van der Waals surface area (Å²) in [6, 6.07) is 0.0453. The minimum absolute atomic E-state index is 0.0453. The van der Waals surface area contributed by atoms with E-state index < -0.39 is 5.60 Å². The number of hydrogen-bond acceptors (Lipinski definition) is 4. The Morgan fingerprint density at radius 2 is 2.30 bits per heavy atom. The molecule has 5 heteroatoms. The molecule has 0 aromatic rings. The van der Waals surface area contributed by atoms with E-state index in [1.54, 1.807) is 7.11 Å². The first-order valence-electron chi connectivity index (χ1n) is 7.76. The van der Waals surface area contributed by atoms with Gasteiger partial charge in [0.25, 0.3) is 0 Å². The smallest absolute Gasteiger partial charge is 0.234 e. The highest BCUT2D eigenvalue weighted by molar-refractivity contribution is 5.78. The van der Waals surface area contributed by atoms with Gasteiger partial charge in [0, 0.05) is 32.2 Å². The summed E-state index contributed by atoms with van der Waals surface area (Å²) in [5.74, 6) is 0.394. The van der Waals surface area contributed by atoms with Gasteiger partial charge in [0.1, 0.15) is 0 Å². The van der Waals surface area contributed by atoms with Crippen molar-refractivity contribution in [3.05, 3.63) is 0 Å². The van der Waals surface area contributed by atoms with E-state index in [1.165, 1.54) is 6.42 Å². The quantitative estimate of drug-likeness (QED) is 0.782. The highest BCUT2D eigenvalue weighted by Gasteiger charge is 2.42. The Kier molecular flexibility index (Phi) is 5.41. The Morgan fingerprint density at radius 3 is 3.05 bits per heavy atom. The lowest BCUT2D eigenvalue weighted by Gasteiger charge is -2.47. The summed E-state index contributed by atoms with van der Waals surface area (Å²) < 4.78 is 5.02. The van der Waals surface area contributed by atoms with Gasteiger partial charge in [-0.2, -0.15) is 0 Å². The summed E-state index contributed by atoms with van der Waals surface area (Å²) in [5.41, 5.74) is -0.464. The minimum atomic E-state index is -0.464. The molecule has 2 aliphatic rings. The standard InChI is InChI=1S/C15H28N2O3/c1-12(11-20-2)16-14(18)10-17-8-7-15(19)6-4-3-5-13(15)9-17/h12-13,19H,3-11H2,1-2H3,(H,16,18). The van der Waals surface area contributed by atoms with Crippen molar-refractivity contribution in [1.29, 1.82) is 0 Å². The summed E-state index contributed by atoms with van der Waals surface area (Å²) in [5, 5.41) is 13.6. The second-order valence-electron chi connectivity index (χ2n) is 6.46. The summed E-state index contributed by atoms with van der Waals surface area (Å²) in [4.78, 5) is 14.1. The number of likely N-dealkylation sites (tertiary alicyclic amines) is 1. The van der Waals surface area contributed by atoms with Crippen LogP contribution >= 0.6 is 0 Å². The van der Waals surface area contributed by atoms with Crippen LogP contribution < -0.4 is 5.32 Å². The molecule has 1 saturated heterocycles. The predicted octanol–water partition coefficient (Wildman–Crippen LogP) is 0.764. The average molecular weight is 284 g/mol. The number of ether oxygens (including phenoxy) is 1. The van der Waals surface area contributed by atoms with Gasteiger partial charge in [-0.05, 0) is 26.2 Å². The number of methoxy groups -OCH3 is 1. The van der Waals surface area contributed by atoms with Crippen LogP contribution in [0.2, 0.25) is 0 Å². The molecule has 1 heterocycles. The van der Waals surface area contributed by atoms with Crippen LogP contribution in [0.3, 0.4) is 0 Å². The van der Waals surface area contributed by atoms with Gasteiger partial charge in [-0.25, -0.2) is 0 Å². The molecule has 1 aliphatic carbocycles. The Labute approximate surface area is 121 Å². The largest absolute Gasteiger partial charge is 0.390 e. The maximum atomic E-state index is 12.0. The van der Waals surface area contributed by atoms with E-state index in [4.69, 9.17) is 4.74 Å². The molecular formula is C15H28N2O3. The molecular weight excluding hydrogens is 256 g/mol. The van der Waals surface area contributed by atoms with Gasteiger partial charge in [-0.15, -0.1) is 0 Å². The molecule has 2 rings (SSSR count). The number of piperidine rings is 1. The van der Waals surface area contributed by atoms with Gasteiger partial charge in [0.15, 0.2) is 0 Å². The van der Waals surface area contributed by atoms with Crippen LogP contribution in [0.1, 0.15) is 39.0 Å². The zero-order valence-electron chi connectivity index (χ0n) is 12.7. The summed E-state index contributed by atoms with van der Waals surface area (Å²) in [6.45, 7) is 4.58. The fourth-order valence-electron chi connectivity index (χ4n) is 3.60. The highest BCUT2D eigenvalue weighted by atomic mass is 16.5. The Balaban J connectivity index is 1.79. The Hall–Kier alpha value is -0.650. The molecule has 3 unspecified atom stereocenters. The number of rotatable bonds is 5. The van der Waals surface area contributed by atoms with Crippen LogP contribution in [0.15, 0.2) is 0 Å². The summed E-state index contributed by atoms with van der Waals surface area (Å²) in [7, 11) is 1.64. The average Bonchev–Trinajstić information content (AvgIpc) is 2.39. The second kappa shape index (κ2) is 6.87. The summed E-state index contributed by atoms with van der Waals surface area (Å²) >= 11 is 0. The van der Waals surface area contributed by atoms with Crippen molar-refractivity contribution in [2.75, 3.05) is 33.4 Å². The van der Waals surface area contributed by atoms with E-state index >= 15 is 0 Å². The lowest BCUT2D eigenvalue weighted by molar-refractivity contribution is -0.128. The first kappa shape index (κ1) is 15.7. The zero-order valence-corrected chi connectivity index (χ0v) is 12.7. The van der Waals surface area contributed by atoms with Crippen molar-refractivity contribution in [1.82, 2.24) is 10.2 Å². The molecule has 0 aromatic carbocycles. The molecule has 0 spiro atoms. The number of aliphatic hydroxyl groups is 1. The van der Waals surface area contributed by atoms with Gasteiger partial charge in [0.2, 0.25) is 5.91 Å². The molecule has 20 heavy (non-hydrogen) atoms. The lowest BCUT2D eigenvalue weighted by atomic mass is 9.71. The third-order valence-electron chi connectivity index (χ3n) is 4.70. The van der Waals surface area contributed by atoms with Crippen LogP contribution in [-0.4, -0.2) is 60.9 Å². The SMILES string of the molecule is COCC(C)NC(=O)CN1CCC2(O)CCCCC2C1. The van der Waals surface area contributed by atoms with Crippen molar-refractivity contribution >= 4 is 5.91 Å². The number of nitrogens with one attached hydrogen (secondary N) is 1. The van der Waals surface area contributed by atoms with Crippen LogP contribution in [0.4, 0.5) is 0 Å². The normalized spacial score (nSPS) is 32.5. The molecule has 2 N–H and O–H groups in total. The molecule has 1 aliphatic heterocycles. The van der Waals surface area contributed by atoms with Crippen molar-refractivity contribution in [2.24, 2.45) is 5.92 Å². The molecule has 0 radical (unpaired) electrons. The molecule has 1 amide bonds. The van der Waals surface area contributed by atoms with E-state index in [0.29, 0.717) is 19.1 Å². The van der Waals surface area contributed by atoms with E-state index in [9.17, 15) is 9.90 Å². The first-order chi connectivity index (χ1) is 9.53. The fourth-order valence-corrected chi connectivity index (χ4v) is 3.60. The third-order valence-corrected chi connectivity index (χ3v) is 4.70. The zero-order chi connectivity index (χ0) is 14.6. The van der Waals surface area contributed by atoms with Crippen molar-refractivity contribution in [2.45, 2.75) is 50.7 Å². The van der Waals surface area contributed by atoms with Crippen molar-refractivity contribution < 1.29 is 14.6 Å². The fraction of sp³-hybridized carbons (Fsp3) is 0.933. The predicted molar refractivity (Wildman–Crippen MR) is 77.4 cm³/mol. The first-order valence-corrected chi connectivity index (χ1v) is 7.76. The van der Waals surface area contributed by atoms with Gasteiger partial charge < -0.3 is 15.2 Å².